The Morgan fingerprint density at radius 2 is 2.16 bits per heavy atom. The number of alkyl halides is 2. The lowest BCUT2D eigenvalue weighted by atomic mass is 10.1. The second-order valence-corrected chi connectivity index (χ2v) is 8.81. The Kier molecular flexibility index (Phi) is 5.52. The first-order valence-electron chi connectivity index (χ1n) is 10.3. The summed E-state index contributed by atoms with van der Waals surface area (Å²) in [5.41, 5.74) is 1.16. The predicted octanol–water partition coefficient (Wildman–Crippen LogP) is 5.11. The van der Waals surface area contributed by atoms with Crippen LogP contribution in [0.15, 0.2) is 57.5 Å². The molecule has 0 bridgehead atoms. The molecule has 9 heteroatoms. The molecule has 0 spiro atoms. The minimum Gasteiger partial charge on any atom is -0.492 e. The third-order valence-corrected chi connectivity index (χ3v) is 6.44. The summed E-state index contributed by atoms with van der Waals surface area (Å²) in [4.78, 5) is 6.17. The van der Waals surface area contributed by atoms with Gasteiger partial charge in [-0.3, -0.25) is 9.88 Å². The van der Waals surface area contributed by atoms with Gasteiger partial charge in [0.2, 0.25) is 0 Å². The van der Waals surface area contributed by atoms with Crippen LogP contribution in [0.4, 0.5) is 8.78 Å². The van der Waals surface area contributed by atoms with Crippen molar-refractivity contribution in [3.63, 3.8) is 0 Å². The molecule has 0 radical (unpaired) electrons. The lowest BCUT2D eigenvalue weighted by Gasteiger charge is -2.32. The van der Waals surface area contributed by atoms with Gasteiger partial charge in [0.1, 0.15) is 29.0 Å². The van der Waals surface area contributed by atoms with E-state index in [1.807, 2.05) is 17.5 Å². The standard InChI is InChI=1S/C23H21F2N3O3S/c24-23(25)5-1-6-28(14-23)7-8-30-16-2-3-20-17(10-16)18(27-29)11-21(31-20)19-12-22-15(13-26-19)4-9-32-22/h2-4,9-13,29H,1,5-8,14H2/b27-18+. The number of benzene rings is 1. The number of thiophene rings is 1. The minimum absolute atomic E-state index is 0.0509. The van der Waals surface area contributed by atoms with Crippen LogP contribution >= 0.6 is 11.3 Å². The summed E-state index contributed by atoms with van der Waals surface area (Å²) in [6.07, 6.45) is 2.22. The Labute approximate surface area is 186 Å². The smallest absolute Gasteiger partial charge is 0.260 e. The van der Waals surface area contributed by atoms with E-state index >= 15 is 0 Å². The maximum Gasteiger partial charge on any atom is 0.260 e. The third-order valence-electron chi connectivity index (χ3n) is 5.56. The average molecular weight is 458 g/mol. The van der Waals surface area contributed by atoms with Gasteiger partial charge in [-0.25, -0.2) is 8.78 Å². The first kappa shape index (κ1) is 20.8. The second kappa shape index (κ2) is 8.48. The minimum atomic E-state index is -2.62. The largest absolute Gasteiger partial charge is 0.492 e. The van der Waals surface area contributed by atoms with Crippen LogP contribution in [0.25, 0.3) is 32.5 Å². The molecule has 5 rings (SSSR count). The topological polar surface area (TPSA) is 71.1 Å². The summed E-state index contributed by atoms with van der Waals surface area (Å²) in [5.74, 6) is -1.59. The second-order valence-electron chi connectivity index (χ2n) is 7.87. The monoisotopic (exact) mass is 457 g/mol. The number of pyridine rings is 1. The number of nitrogens with zero attached hydrogens (tertiary/aromatic N) is 3. The first-order chi connectivity index (χ1) is 15.5. The third kappa shape index (κ3) is 4.31. The van der Waals surface area contributed by atoms with Crippen molar-refractivity contribution in [2.45, 2.75) is 18.8 Å². The molecule has 4 heterocycles. The number of hydrogen-bond acceptors (Lipinski definition) is 7. The summed E-state index contributed by atoms with van der Waals surface area (Å²) < 4.78 is 40.0. The van der Waals surface area contributed by atoms with E-state index in [-0.39, 0.29) is 19.6 Å². The van der Waals surface area contributed by atoms with E-state index in [0.29, 0.717) is 53.0 Å². The van der Waals surface area contributed by atoms with Crippen LogP contribution in [0.2, 0.25) is 0 Å². The molecule has 6 nitrogen and oxygen atoms in total. The molecule has 0 saturated carbocycles. The molecule has 1 aliphatic heterocycles. The fourth-order valence-electron chi connectivity index (χ4n) is 3.97. The molecule has 3 aromatic heterocycles. The molecular weight excluding hydrogens is 436 g/mol. The SMILES string of the molecule is O/N=c1\cc(-c2cc3sccc3cn2)oc2ccc(OCCN3CCCC(F)(F)C3)cc12. The van der Waals surface area contributed by atoms with E-state index in [9.17, 15) is 14.0 Å². The molecule has 166 valence electrons. The van der Waals surface area contributed by atoms with Crippen molar-refractivity contribution in [3.05, 3.63) is 53.3 Å². The summed E-state index contributed by atoms with van der Waals surface area (Å²) in [7, 11) is 0. The lowest BCUT2D eigenvalue weighted by molar-refractivity contribution is -0.0656. The van der Waals surface area contributed by atoms with Crippen LogP contribution in [-0.2, 0) is 0 Å². The van der Waals surface area contributed by atoms with Crippen LogP contribution in [-0.4, -0.2) is 47.3 Å². The number of ether oxygens (including phenoxy) is 1. The van der Waals surface area contributed by atoms with Crippen molar-refractivity contribution in [3.8, 4) is 17.2 Å². The van der Waals surface area contributed by atoms with E-state index < -0.39 is 5.92 Å². The Morgan fingerprint density at radius 1 is 1.25 bits per heavy atom. The molecular formula is C23H21F2N3O3S. The van der Waals surface area contributed by atoms with Crippen LogP contribution < -0.4 is 10.1 Å². The van der Waals surface area contributed by atoms with Crippen molar-refractivity contribution in [2.24, 2.45) is 5.16 Å². The first-order valence-corrected chi connectivity index (χ1v) is 11.2. The highest BCUT2D eigenvalue weighted by Crippen LogP contribution is 2.28. The van der Waals surface area contributed by atoms with Gasteiger partial charge < -0.3 is 14.4 Å². The van der Waals surface area contributed by atoms with Gasteiger partial charge in [0.25, 0.3) is 5.92 Å². The molecule has 0 amide bonds. The molecule has 0 aliphatic carbocycles. The molecule has 1 aromatic carbocycles. The van der Waals surface area contributed by atoms with Crippen LogP contribution in [0.1, 0.15) is 12.8 Å². The van der Waals surface area contributed by atoms with E-state index in [4.69, 9.17) is 9.15 Å². The molecule has 0 unspecified atom stereocenters. The van der Waals surface area contributed by atoms with Gasteiger partial charge in [-0.1, -0.05) is 5.16 Å². The van der Waals surface area contributed by atoms with Gasteiger partial charge in [-0.2, -0.15) is 0 Å². The van der Waals surface area contributed by atoms with Gasteiger partial charge in [0.15, 0.2) is 5.76 Å². The highest BCUT2D eigenvalue weighted by Gasteiger charge is 2.34. The lowest BCUT2D eigenvalue weighted by Crippen LogP contribution is -2.44. The number of hydrogen-bond donors (Lipinski definition) is 1. The quantitative estimate of drug-likeness (QED) is 0.333. The maximum atomic E-state index is 13.5. The zero-order valence-electron chi connectivity index (χ0n) is 17.1. The molecule has 1 saturated heterocycles. The van der Waals surface area contributed by atoms with Crippen molar-refractivity contribution < 1.29 is 23.1 Å². The average Bonchev–Trinajstić information content (AvgIpc) is 3.25. The van der Waals surface area contributed by atoms with Crippen molar-refractivity contribution >= 4 is 32.4 Å². The number of rotatable bonds is 5. The number of fused-ring (bicyclic) bond motifs is 2. The van der Waals surface area contributed by atoms with E-state index in [1.165, 1.54) is 0 Å². The Hall–Kier alpha value is -3.04. The highest BCUT2D eigenvalue weighted by atomic mass is 32.1. The predicted molar refractivity (Wildman–Crippen MR) is 118 cm³/mol. The van der Waals surface area contributed by atoms with Crippen LogP contribution in [0.3, 0.4) is 0 Å². The Bertz CT molecular complexity index is 1340. The van der Waals surface area contributed by atoms with Crippen LogP contribution in [0.5, 0.6) is 5.75 Å². The van der Waals surface area contributed by atoms with Crippen molar-refractivity contribution in [1.29, 1.82) is 0 Å². The van der Waals surface area contributed by atoms with Gasteiger partial charge >= 0.3 is 0 Å². The number of halogens is 2. The summed E-state index contributed by atoms with van der Waals surface area (Å²) >= 11 is 1.61. The van der Waals surface area contributed by atoms with Gasteiger partial charge in [0.05, 0.1) is 11.9 Å². The number of likely N-dealkylation sites (tertiary alicyclic amines) is 1. The fraction of sp³-hybridized carbons (Fsp3) is 0.304. The molecule has 32 heavy (non-hydrogen) atoms. The summed E-state index contributed by atoms with van der Waals surface area (Å²) in [6, 6.07) is 10.8. The van der Waals surface area contributed by atoms with Crippen molar-refractivity contribution in [2.75, 3.05) is 26.2 Å². The Morgan fingerprint density at radius 3 is 3.00 bits per heavy atom. The van der Waals surface area contributed by atoms with Gasteiger partial charge in [0, 0.05) is 35.3 Å². The molecule has 1 fully saturated rings. The van der Waals surface area contributed by atoms with E-state index in [0.717, 1.165) is 10.1 Å². The highest BCUT2D eigenvalue weighted by molar-refractivity contribution is 7.17. The van der Waals surface area contributed by atoms with Crippen molar-refractivity contribution in [1.82, 2.24) is 9.88 Å². The van der Waals surface area contributed by atoms with Crippen LogP contribution in [0, 0.1) is 0 Å². The fourth-order valence-corrected chi connectivity index (χ4v) is 4.76. The summed E-state index contributed by atoms with van der Waals surface area (Å²) in [6.45, 7) is 1.13. The number of aromatic nitrogens is 1. The van der Waals surface area contributed by atoms with Gasteiger partial charge in [-0.05, 0) is 48.7 Å². The Balaban J connectivity index is 1.36. The van der Waals surface area contributed by atoms with E-state index in [1.54, 1.807) is 46.7 Å². The van der Waals surface area contributed by atoms with E-state index in [2.05, 4.69) is 10.1 Å². The molecule has 4 aromatic rings. The molecule has 1 aliphatic rings. The maximum absolute atomic E-state index is 13.5. The number of piperidine rings is 1. The zero-order chi connectivity index (χ0) is 22.1. The molecule has 0 atom stereocenters. The van der Waals surface area contributed by atoms with Gasteiger partial charge in [-0.15, -0.1) is 11.3 Å². The summed E-state index contributed by atoms with van der Waals surface area (Å²) in [5, 5.41) is 17.0. The zero-order valence-corrected chi connectivity index (χ0v) is 17.9. The molecule has 1 N–H and O–H groups in total. The normalized spacial score (nSPS) is 17.2.